The Morgan fingerprint density at radius 3 is 2.06 bits per heavy atom. The van der Waals surface area contributed by atoms with Crippen LogP contribution in [0.15, 0.2) is 0 Å². The molecule has 0 aliphatic carbocycles. The first-order valence-electron chi connectivity index (χ1n) is 5.14. The maximum Gasteiger partial charge on any atom is 0.240 e. The molecule has 0 spiro atoms. The predicted octanol–water partition coefficient (Wildman–Crippen LogP) is -0.110. The van der Waals surface area contributed by atoms with Crippen LogP contribution < -0.4 is 16.4 Å². The molecule has 0 bridgehead atoms. The molecule has 0 fully saturated rings. The Kier molecular flexibility index (Phi) is 9.18. The summed E-state index contributed by atoms with van der Waals surface area (Å²) >= 11 is 0. The molecular weight excluding hydrogens is 230 g/mol. The summed E-state index contributed by atoms with van der Waals surface area (Å²) in [5.74, 6) is -0.805. The molecule has 0 rings (SSSR count). The van der Waals surface area contributed by atoms with Crippen LogP contribution in [0.5, 0.6) is 0 Å². The van der Waals surface area contributed by atoms with Crippen molar-refractivity contribution in [3.63, 3.8) is 0 Å². The first-order chi connectivity index (χ1) is 6.90. The first kappa shape index (κ1) is 17.6. The number of hydrogen-bond donors (Lipinski definition) is 3. The van der Waals surface area contributed by atoms with Crippen LogP contribution in [-0.2, 0) is 9.59 Å². The lowest BCUT2D eigenvalue weighted by molar-refractivity contribution is -0.130. The smallest absolute Gasteiger partial charge is 0.240 e. The molecule has 0 aromatic rings. The van der Waals surface area contributed by atoms with Crippen molar-refractivity contribution in [3.8, 4) is 0 Å². The zero-order valence-electron chi connectivity index (χ0n) is 10.2. The lowest BCUT2D eigenvalue weighted by Crippen LogP contribution is -2.50. The second kappa shape index (κ2) is 8.35. The summed E-state index contributed by atoms with van der Waals surface area (Å²) in [6.45, 7) is 6.07. The van der Waals surface area contributed by atoms with Crippen molar-refractivity contribution in [2.24, 2.45) is 17.6 Å². The van der Waals surface area contributed by atoms with Crippen molar-refractivity contribution in [1.29, 1.82) is 0 Å². The summed E-state index contributed by atoms with van der Waals surface area (Å²) in [6.07, 6.45) is 0. The first-order valence-corrected chi connectivity index (χ1v) is 5.14. The number of rotatable bonds is 6. The van der Waals surface area contributed by atoms with E-state index in [1.165, 1.54) is 0 Å². The Bertz CT molecular complexity index is 234. The van der Waals surface area contributed by atoms with Crippen molar-refractivity contribution in [2.75, 3.05) is 13.6 Å². The van der Waals surface area contributed by atoms with E-state index >= 15 is 0 Å². The van der Waals surface area contributed by atoms with Gasteiger partial charge in [-0.05, 0) is 13.0 Å². The largest absolute Gasteiger partial charge is 0.368 e. The van der Waals surface area contributed by atoms with Crippen LogP contribution >= 0.6 is 12.4 Å². The fourth-order valence-electron chi connectivity index (χ4n) is 1.26. The third-order valence-electron chi connectivity index (χ3n) is 2.23. The van der Waals surface area contributed by atoms with Gasteiger partial charge in [0.25, 0.3) is 0 Å². The standard InChI is InChI=1S/C10H21N3O2.ClH/c1-6(2)8(9(11)14)13-10(15)7(3)5-12-4;/h6-8,12H,5H2,1-4H3,(H2,11,14)(H,13,15);1H. The van der Waals surface area contributed by atoms with Gasteiger partial charge in [-0.25, -0.2) is 0 Å². The molecule has 16 heavy (non-hydrogen) atoms. The number of hydrogen-bond acceptors (Lipinski definition) is 3. The van der Waals surface area contributed by atoms with Crippen LogP contribution in [-0.4, -0.2) is 31.4 Å². The maximum absolute atomic E-state index is 11.6. The molecule has 0 aromatic heterocycles. The number of nitrogens with two attached hydrogens (primary N) is 1. The van der Waals surface area contributed by atoms with Crippen LogP contribution in [0, 0.1) is 11.8 Å². The van der Waals surface area contributed by atoms with Gasteiger partial charge < -0.3 is 16.4 Å². The SMILES string of the molecule is CNCC(C)C(=O)NC(C(N)=O)C(C)C.Cl. The molecule has 0 aromatic carbocycles. The van der Waals surface area contributed by atoms with E-state index in [0.717, 1.165) is 0 Å². The number of nitrogens with one attached hydrogen (secondary N) is 2. The highest BCUT2D eigenvalue weighted by molar-refractivity contribution is 5.87. The molecule has 96 valence electrons. The predicted molar refractivity (Wildman–Crippen MR) is 66.3 cm³/mol. The van der Waals surface area contributed by atoms with Gasteiger partial charge in [0, 0.05) is 12.5 Å². The molecule has 2 unspecified atom stereocenters. The molecular formula is C10H22ClN3O2. The van der Waals surface area contributed by atoms with Gasteiger partial charge in [0.1, 0.15) is 6.04 Å². The van der Waals surface area contributed by atoms with Crippen molar-refractivity contribution in [2.45, 2.75) is 26.8 Å². The minimum absolute atomic E-state index is 0. The summed E-state index contributed by atoms with van der Waals surface area (Å²) in [5.41, 5.74) is 5.19. The fourth-order valence-corrected chi connectivity index (χ4v) is 1.26. The van der Waals surface area contributed by atoms with Gasteiger partial charge in [-0.15, -0.1) is 12.4 Å². The van der Waals surface area contributed by atoms with Gasteiger partial charge >= 0.3 is 0 Å². The van der Waals surface area contributed by atoms with Crippen molar-refractivity contribution in [3.05, 3.63) is 0 Å². The zero-order valence-corrected chi connectivity index (χ0v) is 11.1. The van der Waals surface area contributed by atoms with E-state index in [9.17, 15) is 9.59 Å². The van der Waals surface area contributed by atoms with Gasteiger partial charge in [-0.2, -0.15) is 0 Å². The number of amides is 2. The quantitative estimate of drug-likeness (QED) is 0.616. The monoisotopic (exact) mass is 251 g/mol. The second-order valence-corrected chi connectivity index (χ2v) is 4.09. The third kappa shape index (κ3) is 5.92. The van der Waals surface area contributed by atoms with Crippen LogP contribution in [0.3, 0.4) is 0 Å². The molecule has 0 heterocycles. The van der Waals surface area contributed by atoms with E-state index in [0.29, 0.717) is 6.54 Å². The Balaban J connectivity index is 0. The average molecular weight is 252 g/mol. The van der Waals surface area contributed by atoms with Gasteiger partial charge in [-0.3, -0.25) is 9.59 Å². The Labute approximate surface area is 103 Å². The highest BCUT2D eigenvalue weighted by Gasteiger charge is 2.23. The van der Waals surface area contributed by atoms with Crippen LogP contribution in [0.4, 0.5) is 0 Å². The third-order valence-corrected chi connectivity index (χ3v) is 2.23. The van der Waals surface area contributed by atoms with Crippen LogP contribution in [0.1, 0.15) is 20.8 Å². The molecule has 0 saturated carbocycles. The molecule has 2 amide bonds. The van der Waals surface area contributed by atoms with E-state index in [-0.39, 0.29) is 30.2 Å². The molecule has 2 atom stereocenters. The topological polar surface area (TPSA) is 84.2 Å². The van der Waals surface area contributed by atoms with E-state index in [4.69, 9.17) is 5.73 Å². The van der Waals surface area contributed by atoms with Crippen molar-refractivity contribution >= 4 is 24.2 Å². The normalized spacial score (nSPS) is 13.8. The zero-order chi connectivity index (χ0) is 12.0. The van der Waals surface area contributed by atoms with Crippen molar-refractivity contribution < 1.29 is 9.59 Å². The second-order valence-electron chi connectivity index (χ2n) is 4.09. The van der Waals surface area contributed by atoms with E-state index in [2.05, 4.69) is 10.6 Å². The highest BCUT2D eigenvalue weighted by atomic mass is 35.5. The van der Waals surface area contributed by atoms with E-state index < -0.39 is 11.9 Å². The summed E-state index contributed by atoms with van der Waals surface area (Å²) in [7, 11) is 1.78. The Morgan fingerprint density at radius 2 is 1.75 bits per heavy atom. The molecule has 5 nitrogen and oxygen atoms in total. The van der Waals surface area contributed by atoms with E-state index in [1.807, 2.05) is 13.8 Å². The number of primary amides is 1. The Hall–Kier alpha value is -0.810. The minimum Gasteiger partial charge on any atom is -0.368 e. The maximum atomic E-state index is 11.6. The number of halogens is 1. The van der Waals surface area contributed by atoms with Crippen LogP contribution in [0.2, 0.25) is 0 Å². The summed E-state index contributed by atoms with van der Waals surface area (Å²) in [6, 6.07) is -0.586. The highest BCUT2D eigenvalue weighted by Crippen LogP contribution is 2.02. The Morgan fingerprint density at radius 1 is 1.25 bits per heavy atom. The molecule has 0 aliphatic heterocycles. The lowest BCUT2D eigenvalue weighted by Gasteiger charge is -2.21. The molecule has 0 radical (unpaired) electrons. The molecule has 0 saturated heterocycles. The molecule has 6 heteroatoms. The van der Waals surface area contributed by atoms with Gasteiger partial charge in [-0.1, -0.05) is 20.8 Å². The average Bonchev–Trinajstić information content (AvgIpc) is 2.12. The molecule has 0 aliphatic rings. The summed E-state index contributed by atoms with van der Waals surface area (Å²) < 4.78 is 0. The van der Waals surface area contributed by atoms with Crippen molar-refractivity contribution in [1.82, 2.24) is 10.6 Å². The number of carbonyl (C=O) groups excluding carboxylic acids is 2. The van der Waals surface area contributed by atoms with Crippen LogP contribution in [0.25, 0.3) is 0 Å². The van der Waals surface area contributed by atoms with Gasteiger partial charge in [0.15, 0.2) is 0 Å². The van der Waals surface area contributed by atoms with Gasteiger partial charge in [0.05, 0.1) is 0 Å². The molecule has 4 N–H and O–H groups in total. The van der Waals surface area contributed by atoms with E-state index in [1.54, 1.807) is 14.0 Å². The minimum atomic E-state index is -0.586. The summed E-state index contributed by atoms with van der Waals surface area (Å²) in [5, 5.41) is 5.55. The lowest BCUT2D eigenvalue weighted by atomic mass is 10.0. The fraction of sp³-hybridized carbons (Fsp3) is 0.800. The number of carbonyl (C=O) groups is 2. The summed E-state index contributed by atoms with van der Waals surface area (Å²) in [4.78, 5) is 22.6. The van der Waals surface area contributed by atoms with Gasteiger partial charge in [0.2, 0.25) is 11.8 Å².